The number of nitrogens with zero attached hydrogens (tertiary/aromatic N) is 3. The van der Waals surface area contributed by atoms with Gasteiger partial charge < -0.3 is 13.7 Å². The molecule has 0 saturated heterocycles. The molecule has 0 bridgehead atoms. The number of rotatable bonds is 4. The van der Waals surface area contributed by atoms with Crippen LogP contribution in [-0.2, 0) is 0 Å². The van der Waals surface area contributed by atoms with Crippen LogP contribution >= 0.6 is 15.9 Å². The van der Waals surface area contributed by atoms with Crippen LogP contribution in [0.3, 0.4) is 0 Å². The Hall–Kier alpha value is -3.71. The second-order valence-corrected chi connectivity index (χ2v) is 7.66. The summed E-state index contributed by atoms with van der Waals surface area (Å²) in [5.74, 6) is 1.56. The van der Waals surface area contributed by atoms with Gasteiger partial charge >= 0.3 is 0 Å². The molecule has 7 heteroatoms. The Balaban J connectivity index is 1.65. The van der Waals surface area contributed by atoms with Gasteiger partial charge in [0.25, 0.3) is 5.89 Å². The maximum Gasteiger partial charge on any atom is 0.263 e. The molecule has 0 amide bonds. The standard InChI is InChI=1S/C24H16BrN3O3/c1-29-19-12-6-15(7-13-19)22-27-24(31-28-22)20-14-16-4-2-3-5-21(16)30-23(20)26-18-10-8-17(25)9-11-18/h2-14H,1H3. The first-order valence-electron chi connectivity index (χ1n) is 9.51. The number of fused-ring (bicyclic) bond motifs is 1. The number of ether oxygens (including phenoxy) is 1. The average Bonchev–Trinajstić information content (AvgIpc) is 3.30. The molecule has 0 aliphatic heterocycles. The van der Waals surface area contributed by atoms with E-state index >= 15 is 0 Å². The summed E-state index contributed by atoms with van der Waals surface area (Å²) in [6, 6.07) is 24.8. The molecule has 0 fully saturated rings. The summed E-state index contributed by atoms with van der Waals surface area (Å²) >= 11 is 3.44. The summed E-state index contributed by atoms with van der Waals surface area (Å²) in [6.45, 7) is 0. The van der Waals surface area contributed by atoms with Crippen molar-refractivity contribution in [1.29, 1.82) is 0 Å². The van der Waals surface area contributed by atoms with E-state index in [1.165, 1.54) is 0 Å². The Morgan fingerprint density at radius 3 is 2.48 bits per heavy atom. The number of hydrogen-bond acceptors (Lipinski definition) is 6. The van der Waals surface area contributed by atoms with Gasteiger partial charge in [-0.3, -0.25) is 0 Å². The lowest BCUT2D eigenvalue weighted by Gasteiger charge is -2.02. The molecule has 2 aromatic heterocycles. The highest BCUT2D eigenvalue weighted by Crippen LogP contribution is 2.25. The first-order chi connectivity index (χ1) is 15.2. The van der Waals surface area contributed by atoms with Gasteiger partial charge in [0, 0.05) is 15.4 Å². The van der Waals surface area contributed by atoms with Gasteiger partial charge in [-0.1, -0.05) is 39.3 Å². The Morgan fingerprint density at radius 1 is 0.935 bits per heavy atom. The van der Waals surface area contributed by atoms with Crippen molar-refractivity contribution in [2.45, 2.75) is 0 Å². The lowest BCUT2D eigenvalue weighted by molar-refractivity contribution is 0.414. The van der Waals surface area contributed by atoms with E-state index < -0.39 is 0 Å². The fourth-order valence-electron chi connectivity index (χ4n) is 3.13. The second-order valence-electron chi connectivity index (χ2n) is 6.74. The van der Waals surface area contributed by atoms with Crippen LogP contribution in [0.5, 0.6) is 5.75 Å². The summed E-state index contributed by atoms with van der Waals surface area (Å²) < 4.78 is 17.9. The van der Waals surface area contributed by atoms with Gasteiger partial charge in [0.2, 0.25) is 11.4 Å². The third kappa shape index (κ3) is 4.00. The first kappa shape index (κ1) is 19.3. The molecule has 0 aliphatic rings. The molecule has 3 aromatic carbocycles. The predicted octanol–water partition coefficient (Wildman–Crippen LogP) is 6.15. The normalized spacial score (nSPS) is 11.7. The highest BCUT2D eigenvalue weighted by Gasteiger charge is 2.15. The van der Waals surface area contributed by atoms with Gasteiger partial charge in [-0.05, 0) is 60.7 Å². The Bertz CT molecular complexity index is 1420. The molecule has 5 aromatic rings. The minimum absolute atomic E-state index is 0.330. The molecule has 2 heterocycles. The van der Waals surface area contributed by atoms with Crippen LogP contribution in [0.25, 0.3) is 33.8 Å². The van der Waals surface area contributed by atoms with Crippen molar-refractivity contribution < 1.29 is 13.7 Å². The van der Waals surface area contributed by atoms with Crippen molar-refractivity contribution in [3.63, 3.8) is 0 Å². The molecule has 0 N–H and O–H groups in total. The zero-order valence-electron chi connectivity index (χ0n) is 16.4. The zero-order chi connectivity index (χ0) is 21.2. The molecule has 0 unspecified atom stereocenters. The highest BCUT2D eigenvalue weighted by molar-refractivity contribution is 9.10. The van der Waals surface area contributed by atoms with E-state index in [4.69, 9.17) is 13.7 Å². The van der Waals surface area contributed by atoms with Gasteiger partial charge in [0.05, 0.1) is 12.8 Å². The van der Waals surface area contributed by atoms with E-state index in [0.717, 1.165) is 32.4 Å². The first-order valence-corrected chi connectivity index (χ1v) is 10.3. The number of aromatic nitrogens is 2. The molecular weight excluding hydrogens is 458 g/mol. The summed E-state index contributed by atoms with van der Waals surface area (Å²) in [4.78, 5) is 9.26. The third-order valence-corrected chi connectivity index (χ3v) is 5.25. The molecule has 31 heavy (non-hydrogen) atoms. The van der Waals surface area contributed by atoms with Crippen molar-refractivity contribution in [1.82, 2.24) is 10.1 Å². The number of benzene rings is 3. The van der Waals surface area contributed by atoms with Gasteiger partial charge in [-0.15, -0.1) is 0 Å². The number of halogens is 1. The Labute approximate surface area is 186 Å². The quantitative estimate of drug-likeness (QED) is 0.312. The molecule has 0 aliphatic carbocycles. The Morgan fingerprint density at radius 2 is 1.71 bits per heavy atom. The summed E-state index contributed by atoms with van der Waals surface area (Å²) in [5, 5.41) is 5.06. The van der Waals surface area contributed by atoms with Crippen molar-refractivity contribution in [2.24, 2.45) is 4.99 Å². The maximum absolute atomic E-state index is 6.10. The fraction of sp³-hybridized carbons (Fsp3) is 0.0417. The van der Waals surface area contributed by atoms with Crippen LogP contribution in [0.15, 0.2) is 97.3 Å². The molecule has 152 valence electrons. The predicted molar refractivity (Wildman–Crippen MR) is 121 cm³/mol. The van der Waals surface area contributed by atoms with Crippen LogP contribution in [0, 0.1) is 0 Å². The van der Waals surface area contributed by atoms with E-state index in [9.17, 15) is 0 Å². The summed E-state index contributed by atoms with van der Waals surface area (Å²) in [7, 11) is 1.63. The van der Waals surface area contributed by atoms with E-state index in [-0.39, 0.29) is 0 Å². The van der Waals surface area contributed by atoms with Crippen LogP contribution in [-0.4, -0.2) is 17.3 Å². The van der Waals surface area contributed by atoms with E-state index in [1.807, 2.05) is 78.9 Å². The van der Waals surface area contributed by atoms with Crippen LogP contribution in [0.4, 0.5) is 5.69 Å². The van der Waals surface area contributed by atoms with Crippen LogP contribution in [0.1, 0.15) is 0 Å². The smallest absolute Gasteiger partial charge is 0.263 e. The lowest BCUT2D eigenvalue weighted by atomic mass is 10.2. The van der Waals surface area contributed by atoms with Gasteiger partial charge in [-0.25, -0.2) is 4.99 Å². The van der Waals surface area contributed by atoms with Gasteiger partial charge in [0.15, 0.2) is 0 Å². The SMILES string of the molecule is COc1ccc(-c2noc(-c3cc4ccccc4oc3=Nc3ccc(Br)cc3)n2)cc1. The van der Waals surface area contributed by atoms with E-state index in [2.05, 4.69) is 31.1 Å². The van der Waals surface area contributed by atoms with Crippen molar-refractivity contribution in [3.8, 4) is 28.6 Å². The second kappa shape index (κ2) is 8.20. The van der Waals surface area contributed by atoms with Crippen molar-refractivity contribution in [2.75, 3.05) is 7.11 Å². The fourth-order valence-corrected chi connectivity index (χ4v) is 3.39. The van der Waals surface area contributed by atoms with Crippen LogP contribution < -0.4 is 10.3 Å². The molecule has 0 saturated carbocycles. The van der Waals surface area contributed by atoms with Crippen molar-refractivity contribution in [3.05, 3.63) is 88.9 Å². The number of hydrogen-bond donors (Lipinski definition) is 0. The summed E-state index contributed by atoms with van der Waals surface area (Å²) in [5.41, 5.74) is 3.30. The minimum atomic E-state index is 0.330. The Kier molecular flexibility index (Phi) is 5.09. The largest absolute Gasteiger partial charge is 0.497 e. The molecule has 6 nitrogen and oxygen atoms in total. The molecule has 0 radical (unpaired) electrons. The topological polar surface area (TPSA) is 73.7 Å². The summed E-state index contributed by atoms with van der Waals surface area (Å²) in [6.07, 6.45) is 0. The molecular formula is C24H16BrN3O3. The minimum Gasteiger partial charge on any atom is -0.497 e. The maximum atomic E-state index is 6.10. The van der Waals surface area contributed by atoms with Gasteiger partial charge in [0.1, 0.15) is 16.9 Å². The lowest BCUT2D eigenvalue weighted by Crippen LogP contribution is -2.05. The zero-order valence-corrected chi connectivity index (χ0v) is 18.0. The molecule has 5 rings (SSSR count). The van der Waals surface area contributed by atoms with E-state index in [0.29, 0.717) is 22.8 Å². The van der Waals surface area contributed by atoms with Crippen molar-refractivity contribution >= 4 is 32.6 Å². The average molecular weight is 474 g/mol. The monoisotopic (exact) mass is 473 g/mol. The molecule has 0 spiro atoms. The third-order valence-electron chi connectivity index (χ3n) is 4.72. The van der Waals surface area contributed by atoms with E-state index in [1.54, 1.807) is 7.11 Å². The number of methoxy groups -OCH3 is 1. The highest BCUT2D eigenvalue weighted by atomic mass is 79.9. The van der Waals surface area contributed by atoms with Gasteiger partial charge in [-0.2, -0.15) is 4.98 Å². The number of para-hydroxylation sites is 1. The van der Waals surface area contributed by atoms with Crippen LogP contribution in [0.2, 0.25) is 0 Å². The molecule has 0 atom stereocenters.